The van der Waals surface area contributed by atoms with Crippen LogP contribution >= 0.6 is 11.6 Å². The van der Waals surface area contributed by atoms with Crippen LogP contribution in [0.25, 0.3) is 11.0 Å². The molecule has 1 aliphatic heterocycles. The van der Waals surface area contributed by atoms with Crippen molar-refractivity contribution in [3.05, 3.63) is 40.5 Å². The molecular weight excluding hydrogens is 457 g/mol. The molecule has 10 heteroatoms. The van der Waals surface area contributed by atoms with Crippen LogP contribution in [0.5, 0.6) is 5.88 Å². The number of imidazole rings is 1. The minimum Gasteiger partial charge on any atom is -0.481 e. The molecule has 1 fully saturated rings. The number of nitrogens with zero attached hydrogens (tertiary/aromatic N) is 4. The van der Waals surface area contributed by atoms with Gasteiger partial charge < -0.3 is 18.9 Å². The van der Waals surface area contributed by atoms with Gasteiger partial charge >= 0.3 is 6.18 Å². The van der Waals surface area contributed by atoms with E-state index in [1.165, 1.54) is 0 Å². The molecule has 1 aliphatic carbocycles. The van der Waals surface area contributed by atoms with E-state index in [1.807, 2.05) is 17.6 Å². The van der Waals surface area contributed by atoms with E-state index in [2.05, 4.69) is 9.88 Å². The monoisotopic (exact) mass is 480 g/mol. The summed E-state index contributed by atoms with van der Waals surface area (Å²) >= 11 is 6.46. The highest BCUT2D eigenvalue weighted by Gasteiger charge is 2.50. The molecule has 1 aromatic carbocycles. The highest BCUT2D eigenvalue weighted by molar-refractivity contribution is 6.35. The Morgan fingerprint density at radius 3 is 2.61 bits per heavy atom. The zero-order valence-corrected chi connectivity index (χ0v) is 19.1. The first-order valence-electron chi connectivity index (χ1n) is 10.9. The fourth-order valence-electron chi connectivity index (χ4n) is 4.52. The van der Waals surface area contributed by atoms with E-state index < -0.39 is 18.2 Å². The summed E-state index contributed by atoms with van der Waals surface area (Å²) in [7, 11) is 1.57. The molecule has 0 radical (unpaired) electrons. The summed E-state index contributed by atoms with van der Waals surface area (Å²) in [6.07, 6.45) is -4.18. The van der Waals surface area contributed by atoms with Gasteiger partial charge in [-0.05, 0) is 44.2 Å². The van der Waals surface area contributed by atoms with E-state index in [-0.39, 0.29) is 6.61 Å². The first-order valence-corrected chi connectivity index (χ1v) is 11.3. The third kappa shape index (κ3) is 4.12. The predicted octanol–water partition coefficient (Wildman–Crippen LogP) is 5.80. The number of hydrogen-bond donors (Lipinski definition) is 0. The summed E-state index contributed by atoms with van der Waals surface area (Å²) in [5.41, 5.74) is 3.62. The first kappa shape index (κ1) is 22.3. The minimum absolute atomic E-state index is 0.150. The Balaban J connectivity index is 1.53. The molecule has 2 aromatic heterocycles. The maximum atomic E-state index is 13.5. The van der Waals surface area contributed by atoms with Gasteiger partial charge in [0.2, 0.25) is 11.8 Å². The van der Waals surface area contributed by atoms with Crippen LogP contribution in [0.3, 0.4) is 0 Å². The normalized spacial score (nSPS) is 17.3. The van der Waals surface area contributed by atoms with E-state index in [4.69, 9.17) is 26.1 Å². The minimum atomic E-state index is -4.38. The van der Waals surface area contributed by atoms with Crippen molar-refractivity contribution >= 4 is 34.3 Å². The number of aryl methyl sites for hydroxylation is 2. The standard InChI is InChI=1S/C23H24ClF3N4O2/c1-13-17(8-9-18(28-13)32-2)30-10-3-11-31-20-15(6-7-16(24)19(20)29-22(30)31)12-33-21(14-4-5-14)23(25,26)27/h6-9,14,21H,3-5,10-12H2,1-2H3. The van der Waals surface area contributed by atoms with Gasteiger partial charge in [-0.1, -0.05) is 17.7 Å². The Kier molecular flexibility index (Phi) is 5.64. The number of ether oxygens (including phenoxy) is 2. The van der Waals surface area contributed by atoms with Gasteiger partial charge in [0, 0.05) is 24.7 Å². The van der Waals surface area contributed by atoms with Crippen molar-refractivity contribution in [1.82, 2.24) is 14.5 Å². The van der Waals surface area contributed by atoms with Crippen LogP contribution in [0, 0.1) is 12.8 Å². The van der Waals surface area contributed by atoms with Gasteiger partial charge in [0.15, 0.2) is 6.10 Å². The molecule has 0 bridgehead atoms. The van der Waals surface area contributed by atoms with Crippen molar-refractivity contribution in [3.63, 3.8) is 0 Å². The lowest BCUT2D eigenvalue weighted by Gasteiger charge is -2.30. The van der Waals surface area contributed by atoms with Gasteiger partial charge in [-0.25, -0.2) is 9.97 Å². The van der Waals surface area contributed by atoms with Crippen molar-refractivity contribution in [2.24, 2.45) is 5.92 Å². The number of fused-ring (bicyclic) bond motifs is 3. The zero-order chi connectivity index (χ0) is 23.3. The average molecular weight is 481 g/mol. The van der Waals surface area contributed by atoms with E-state index in [1.54, 1.807) is 25.3 Å². The molecular formula is C23H24ClF3N4O2. The molecule has 2 aliphatic rings. The Bertz CT molecular complexity index is 1190. The zero-order valence-electron chi connectivity index (χ0n) is 18.3. The maximum Gasteiger partial charge on any atom is 0.414 e. The van der Waals surface area contributed by atoms with Crippen molar-refractivity contribution in [3.8, 4) is 5.88 Å². The average Bonchev–Trinajstić information content (AvgIpc) is 3.52. The molecule has 0 N–H and O–H groups in total. The molecule has 6 nitrogen and oxygen atoms in total. The van der Waals surface area contributed by atoms with Crippen LogP contribution in [-0.2, 0) is 17.9 Å². The number of aromatic nitrogens is 3. The van der Waals surface area contributed by atoms with Gasteiger partial charge in [-0.15, -0.1) is 0 Å². The SMILES string of the molecule is COc1ccc(N2CCCn3c2nc2c(Cl)ccc(COC(C4CC4)C(F)(F)F)c23)c(C)n1. The second kappa shape index (κ2) is 8.36. The largest absolute Gasteiger partial charge is 0.481 e. The Morgan fingerprint density at radius 2 is 1.94 bits per heavy atom. The lowest BCUT2D eigenvalue weighted by molar-refractivity contribution is -0.230. The smallest absolute Gasteiger partial charge is 0.414 e. The molecule has 176 valence electrons. The summed E-state index contributed by atoms with van der Waals surface area (Å²) in [5.74, 6) is 0.766. The van der Waals surface area contributed by atoms with E-state index >= 15 is 0 Å². The summed E-state index contributed by atoms with van der Waals surface area (Å²) in [6.45, 7) is 3.17. The van der Waals surface area contributed by atoms with E-state index in [0.29, 0.717) is 47.3 Å². The lowest BCUT2D eigenvalue weighted by Crippen LogP contribution is -2.33. The fraction of sp³-hybridized carbons (Fsp3) is 0.478. The van der Waals surface area contributed by atoms with Gasteiger partial charge in [-0.2, -0.15) is 13.2 Å². The van der Waals surface area contributed by atoms with Crippen LogP contribution in [0.2, 0.25) is 5.02 Å². The molecule has 0 saturated heterocycles. The molecule has 1 atom stereocenters. The van der Waals surface area contributed by atoms with E-state index in [0.717, 1.165) is 29.9 Å². The molecule has 1 unspecified atom stereocenters. The number of methoxy groups -OCH3 is 1. The highest BCUT2D eigenvalue weighted by atomic mass is 35.5. The maximum absolute atomic E-state index is 13.5. The molecule has 3 aromatic rings. The number of pyridine rings is 1. The van der Waals surface area contributed by atoms with Crippen molar-refractivity contribution in [2.75, 3.05) is 18.6 Å². The Morgan fingerprint density at radius 1 is 1.15 bits per heavy atom. The number of hydrogen-bond acceptors (Lipinski definition) is 5. The quantitative estimate of drug-likeness (QED) is 0.446. The number of rotatable bonds is 6. The number of halogens is 4. The van der Waals surface area contributed by atoms with Gasteiger partial charge in [0.1, 0.15) is 5.52 Å². The van der Waals surface area contributed by atoms with Crippen LogP contribution in [-0.4, -0.2) is 40.5 Å². The highest BCUT2D eigenvalue weighted by Crippen LogP contribution is 2.43. The Labute approximate surface area is 194 Å². The van der Waals surface area contributed by atoms with Crippen LogP contribution in [0.1, 0.15) is 30.5 Å². The fourth-order valence-corrected chi connectivity index (χ4v) is 4.71. The van der Waals surface area contributed by atoms with Crippen LogP contribution in [0.15, 0.2) is 24.3 Å². The number of anilines is 2. The molecule has 33 heavy (non-hydrogen) atoms. The predicted molar refractivity (Wildman–Crippen MR) is 119 cm³/mol. The third-order valence-electron chi connectivity index (χ3n) is 6.24. The van der Waals surface area contributed by atoms with Crippen molar-refractivity contribution in [2.45, 2.75) is 51.6 Å². The summed E-state index contributed by atoms with van der Waals surface area (Å²) < 4.78 is 53.0. The molecule has 5 rings (SSSR count). The van der Waals surface area contributed by atoms with E-state index in [9.17, 15) is 13.2 Å². The lowest BCUT2D eigenvalue weighted by atomic mass is 10.1. The second-order valence-electron chi connectivity index (χ2n) is 8.54. The second-order valence-corrected chi connectivity index (χ2v) is 8.95. The van der Waals surface area contributed by atoms with Gasteiger partial charge in [-0.3, -0.25) is 0 Å². The molecule has 1 saturated carbocycles. The third-order valence-corrected chi connectivity index (χ3v) is 6.54. The molecule has 0 amide bonds. The number of benzene rings is 1. The summed E-state index contributed by atoms with van der Waals surface area (Å²) in [5, 5.41) is 0.453. The summed E-state index contributed by atoms with van der Waals surface area (Å²) in [4.78, 5) is 11.3. The number of alkyl halides is 3. The van der Waals surface area contributed by atoms with Crippen molar-refractivity contribution < 1.29 is 22.6 Å². The molecule has 3 heterocycles. The van der Waals surface area contributed by atoms with Crippen molar-refractivity contribution in [1.29, 1.82) is 0 Å². The van der Waals surface area contributed by atoms with Gasteiger partial charge in [0.25, 0.3) is 0 Å². The Hall–Kier alpha value is -2.52. The first-order chi connectivity index (χ1) is 15.8. The van der Waals surface area contributed by atoms with Crippen LogP contribution < -0.4 is 9.64 Å². The molecule has 0 spiro atoms. The van der Waals surface area contributed by atoms with Gasteiger partial charge in [0.05, 0.1) is 35.6 Å². The van der Waals surface area contributed by atoms with Crippen LogP contribution in [0.4, 0.5) is 24.8 Å². The topological polar surface area (TPSA) is 52.4 Å². The summed E-state index contributed by atoms with van der Waals surface area (Å²) in [6, 6.07) is 7.14.